The molecule has 0 aliphatic carbocycles. The molecule has 0 bridgehead atoms. The van der Waals surface area contributed by atoms with Crippen LogP contribution in [0.2, 0.25) is 0 Å². The highest BCUT2D eigenvalue weighted by molar-refractivity contribution is 7.20. The van der Waals surface area contributed by atoms with Crippen molar-refractivity contribution in [3.63, 3.8) is 0 Å². The molecule has 11 nitrogen and oxygen atoms in total. The van der Waals surface area contributed by atoms with Crippen molar-refractivity contribution < 1.29 is 28.3 Å². The number of amides is 3. The number of fused-ring (bicyclic) bond motifs is 3. The van der Waals surface area contributed by atoms with E-state index in [4.69, 9.17) is 9.15 Å². The Kier molecular flexibility index (Phi) is 9.05. The van der Waals surface area contributed by atoms with Crippen LogP contribution < -0.4 is 16.0 Å². The Morgan fingerprint density at radius 3 is 2.30 bits per heavy atom. The lowest BCUT2D eigenvalue weighted by molar-refractivity contribution is -0.116. The Balaban J connectivity index is 1.10. The number of thiophene rings is 1. The molecule has 0 atom stereocenters. The number of aromatic nitrogens is 1. The summed E-state index contributed by atoms with van der Waals surface area (Å²) < 4.78 is 11.7. The summed E-state index contributed by atoms with van der Waals surface area (Å²) in [7, 11) is 3.94. The number of anilines is 3. The van der Waals surface area contributed by atoms with Crippen LogP contribution in [-0.4, -0.2) is 60.8 Å². The Labute approximate surface area is 273 Å². The fourth-order valence-corrected chi connectivity index (χ4v) is 6.10. The first-order chi connectivity index (χ1) is 22.6. The second kappa shape index (κ2) is 13.5. The molecule has 0 saturated carbocycles. The Morgan fingerprint density at radius 2 is 1.51 bits per heavy atom. The number of nitrogens with zero attached hydrogens (tertiary/aromatic N) is 1. The van der Waals surface area contributed by atoms with E-state index in [2.05, 4.69) is 20.9 Å². The number of esters is 1. The van der Waals surface area contributed by atoms with E-state index >= 15 is 0 Å². The molecule has 240 valence electrons. The molecular formula is C35H33N5O6S. The van der Waals surface area contributed by atoms with Gasteiger partial charge in [-0.25, -0.2) is 4.79 Å². The molecule has 12 heteroatoms. The minimum Gasteiger partial charge on any atom is -0.461 e. The highest BCUT2D eigenvalue weighted by atomic mass is 32.1. The van der Waals surface area contributed by atoms with Gasteiger partial charge < -0.3 is 35.0 Å². The number of benzene rings is 3. The predicted octanol–water partition coefficient (Wildman–Crippen LogP) is 7.09. The van der Waals surface area contributed by atoms with Crippen LogP contribution in [-0.2, 0) is 9.53 Å². The third-order valence-electron chi connectivity index (χ3n) is 7.40. The average molecular weight is 652 g/mol. The van der Waals surface area contributed by atoms with Gasteiger partial charge in [-0.2, -0.15) is 0 Å². The quantitative estimate of drug-likeness (QED) is 0.109. The summed E-state index contributed by atoms with van der Waals surface area (Å²) in [6.45, 7) is 2.86. The first-order valence-electron chi connectivity index (χ1n) is 15.1. The Morgan fingerprint density at radius 1 is 0.809 bits per heavy atom. The fourth-order valence-electron chi connectivity index (χ4n) is 5.16. The summed E-state index contributed by atoms with van der Waals surface area (Å²) in [5.74, 6) is -1.07. The van der Waals surface area contributed by atoms with E-state index in [-0.39, 0.29) is 24.2 Å². The lowest BCUT2D eigenvalue weighted by atomic mass is 10.2. The lowest BCUT2D eigenvalue weighted by Crippen LogP contribution is -2.17. The van der Waals surface area contributed by atoms with Gasteiger partial charge >= 0.3 is 5.97 Å². The van der Waals surface area contributed by atoms with Gasteiger partial charge in [0, 0.05) is 44.5 Å². The minimum atomic E-state index is -0.435. The van der Waals surface area contributed by atoms with Crippen LogP contribution in [0.15, 0.2) is 77.2 Å². The van der Waals surface area contributed by atoms with Gasteiger partial charge in [-0.1, -0.05) is 0 Å². The van der Waals surface area contributed by atoms with Gasteiger partial charge in [0.1, 0.15) is 11.3 Å². The number of hydrogen-bond donors (Lipinski definition) is 4. The van der Waals surface area contributed by atoms with Crippen molar-refractivity contribution in [3.8, 4) is 0 Å². The number of rotatable bonds is 11. The first kappa shape index (κ1) is 31.5. The molecule has 3 heterocycles. The number of aromatic amines is 1. The highest BCUT2D eigenvalue weighted by Gasteiger charge is 2.16. The molecule has 4 N–H and O–H groups in total. The molecule has 0 saturated heterocycles. The second-order valence-electron chi connectivity index (χ2n) is 11.3. The number of carbonyl (C=O) groups is 4. The summed E-state index contributed by atoms with van der Waals surface area (Å²) in [6, 6.07) is 21.1. The van der Waals surface area contributed by atoms with Crippen molar-refractivity contribution in [2.24, 2.45) is 0 Å². The molecule has 6 rings (SSSR count). The third kappa shape index (κ3) is 7.35. The minimum absolute atomic E-state index is 0.0683. The summed E-state index contributed by atoms with van der Waals surface area (Å²) in [4.78, 5) is 56.1. The van der Waals surface area contributed by atoms with Crippen LogP contribution in [0.3, 0.4) is 0 Å². The molecular weight excluding hydrogens is 618 g/mol. The molecule has 3 amide bonds. The molecule has 0 spiro atoms. The summed E-state index contributed by atoms with van der Waals surface area (Å²) in [5, 5.41) is 10.9. The van der Waals surface area contributed by atoms with Crippen molar-refractivity contribution >= 4 is 84.0 Å². The fraction of sp³-hybridized carbons (Fsp3) is 0.200. The predicted molar refractivity (Wildman–Crippen MR) is 185 cm³/mol. The van der Waals surface area contributed by atoms with Crippen molar-refractivity contribution in [2.75, 3.05) is 43.2 Å². The van der Waals surface area contributed by atoms with Gasteiger partial charge in [-0.15, -0.1) is 11.3 Å². The normalized spacial score (nSPS) is 11.3. The van der Waals surface area contributed by atoms with Crippen molar-refractivity contribution in [1.82, 2.24) is 9.88 Å². The molecule has 47 heavy (non-hydrogen) atoms. The second-order valence-corrected chi connectivity index (χ2v) is 12.4. The van der Waals surface area contributed by atoms with E-state index in [0.717, 1.165) is 34.0 Å². The largest absolute Gasteiger partial charge is 0.461 e. The monoisotopic (exact) mass is 651 g/mol. The zero-order chi connectivity index (χ0) is 33.1. The van der Waals surface area contributed by atoms with Crippen LogP contribution in [0, 0.1) is 0 Å². The van der Waals surface area contributed by atoms with E-state index in [1.165, 1.54) is 11.3 Å². The maximum Gasteiger partial charge on any atom is 0.354 e. The SMILES string of the molecule is CCOC(=O)c1cc2cc(NC(=O)c3cc4cc(NC(=O)c5cc6cc(NC(=O)CCCN(C)C)ccc6o5)ccc4s3)ccc2[nH]1. The smallest absolute Gasteiger partial charge is 0.354 e. The summed E-state index contributed by atoms with van der Waals surface area (Å²) in [5.41, 5.74) is 3.40. The number of carbonyl (C=O) groups excluding carboxylic acids is 4. The number of hydrogen-bond acceptors (Lipinski definition) is 8. The maximum absolute atomic E-state index is 13.1. The van der Waals surface area contributed by atoms with E-state index in [1.54, 1.807) is 73.7 Å². The van der Waals surface area contributed by atoms with Gasteiger partial charge in [0.2, 0.25) is 5.91 Å². The Hall–Kier alpha value is -5.46. The van der Waals surface area contributed by atoms with E-state index < -0.39 is 11.9 Å². The van der Waals surface area contributed by atoms with E-state index in [0.29, 0.717) is 45.0 Å². The molecule has 3 aromatic carbocycles. The van der Waals surface area contributed by atoms with E-state index in [9.17, 15) is 19.2 Å². The zero-order valence-electron chi connectivity index (χ0n) is 26.1. The van der Waals surface area contributed by atoms with Crippen molar-refractivity contribution in [3.05, 3.63) is 89.1 Å². The molecule has 0 aliphatic rings. The zero-order valence-corrected chi connectivity index (χ0v) is 26.9. The third-order valence-corrected chi connectivity index (χ3v) is 8.52. The van der Waals surface area contributed by atoms with Crippen LogP contribution in [0.5, 0.6) is 0 Å². The van der Waals surface area contributed by atoms with Crippen molar-refractivity contribution in [2.45, 2.75) is 19.8 Å². The Bertz CT molecular complexity index is 2140. The van der Waals surface area contributed by atoms with Crippen LogP contribution in [0.25, 0.3) is 32.0 Å². The maximum atomic E-state index is 13.1. The van der Waals surface area contributed by atoms with Gasteiger partial charge in [-0.3, -0.25) is 14.4 Å². The summed E-state index contributed by atoms with van der Waals surface area (Å²) in [6.07, 6.45) is 1.18. The average Bonchev–Trinajstić information content (AvgIpc) is 3.77. The molecule has 0 radical (unpaired) electrons. The summed E-state index contributed by atoms with van der Waals surface area (Å²) >= 11 is 1.34. The molecule has 0 fully saturated rings. The number of nitrogens with one attached hydrogen (secondary N) is 4. The first-order valence-corrected chi connectivity index (χ1v) is 15.9. The molecule has 6 aromatic rings. The van der Waals surface area contributed by atoms with Gasteiger partial charge in [-0.05, 0) is 112 Å². The lowest BCUT2D eigenvalue weighted by Gasteiger charge is -2.09. The number of H-pyrrole nitrogens is 1. The molecule has 0 unspecified atom stereocenters. The standard InChI is InChI=1S/C35H33N5O6S/c1-4-45-35(44)27-17-20-14-24(7-10-26(20)39-27)38-34(43)31-19-22-16-25(9-12-30(22)47-31)37-33(42)29-18-21-15-23(8-11-28(21)46-29)36-32(41)6-5-13-40(2)3/h7-12,14-19,39H,4-6,13H2,1-3H3,(H,36,41)(H,37,42)(H,38,43). The highest BCUT2D eigenvalue weighted by Crippen LogP contribution is 2.30. The molecule has 3 aromatic heterocycles. The van der Waals surface area contributed by atoms with Crippen LogP contribution in [0.4, 0.5) is 17.1 Å². The van der Waals surface area contributed by atoms with Gasteiger partial charge in [0.15, 0.2) is 5.76 Å². The van der Waals surface area contributed by atoms with Crippen LogP contribution in [0.1, 0.15) is 50.5 Å². The van der Waals surface area contributed by atoms with E-state index in [1.807, 2.05) is 25.1 Å². The number of ether oxygens (including phenoxy) is 1. The van der Waals surface area contributed by atoms with Gasteiger partial charge in [0.25, 0.3) is 11.8 Å². The van der Waals surface area contributed by atoms with Crippen LogP contribution >= 0.6 is 11.3 Å². The molecule has 0 aliphatic heterocycles. The number of furan rings is 1. The topological polar surface area (TPSA) is 146 Å². The van der Waals surface area contributed by atoms with Gasteiger partial charge in [0.05, 0.1) is 11.5 Å². The van der Waals surface area contributed by atoms with Crippen molar-refractivity contribution in [1.29, 1.82) is 0 Å².